The highest BCUT2D eigenvalue weighted by atomic mass is 19.1. The van der Waals surface area contributed by atoms with Crippen LogP contribution in [0.2, 0.25) is 0 Å². The number of hydrogen-bond donors (Lipinski definition) is 4. The minimum absolute atomic E-state index is 0.136. The van der Waals surface area contributed by atoms with Gasteiger partial charge in [0.1, 0.15) is 17.5 Å². The van der Waals surface area contributed by atoms with E-state index in [1.807, 2.05) is 18.2 Å². The molecule has 0 radical (unpaired) electrons. The van der Waals surface area contributed by atoms with Crippen molar-refractivity contribution in [3.05, 3.63) is 58.4 Å². The Balaban J connectivity index is 1.71. The van der Waals surface area contributed by atoms with Gasteiger partial charge in [0, 0.05) is 54.3 Å². The predicted molar refractivity (Wildman–Crippen MR) is 124 cm³/mol. The Morgan fingerprint density at radius 3 is 2.48 bits per heavy atom. The molecule has 0 spiro atoms. The van der Waals surface area contributed by atoms with E-state index >= 15 is 0 Å². The van der Waals surface area contributed by atoms with Gasteiger partial charge in [0.25, 0.3) is 5.56 Å². The molecule has 1 aliphatic heterocycles. The van der Waals surface area contributed by atoms with Crippen molar-refractivity contribution in [3.63, 3.8) is 0 Å². The number of nitrogen functional groups attached to an aromatic ring is 1. The number of piperazine rings is 1. The van der Waals surface area contributed by atoms with Gasteiger partial charge in [-0.1, -0.05) is 6.07 Å². The van der Waals surface area contributed by atoms with Crippen LogP contribution in [0.15, 0.2) is 41.2 Å². The SMILES string of the molecule is Nc1[nH]nc2nc(-c3cc(F)cc(F)c3)c3c(=O)[nH]c4cc(N5CCNCC5)ccc4c3c12. The van der Waals surface area contributed by atoms with E-state index in [1.54, 1.807) is 0 Å². The first kappa shape index (κ1) is 19.6. The third kappa shape index (κ3) is 3.10. The first-order valence-corrected chi connectivity index (χ1v) is 10.5. The molecule has 6 rings (SSSR count). The van der Waals surface area contributed by atoms with E-state index < -0.39 is 17.2 Å². The van der Waals surface area contributed by atoms with Crippen molar-refractivity contribution < 1.29 is 8.78 Å². The minimum Gasteiger partial charge on any atom is -0.383 e. The maximum absolute atomic E-state index is 14.0. The fraction of sp³-hybridized carbons (Fsp3) is 0.174. The highest BCUT2D eigenvalue weighted by Crippen LogP contribution is 2.37. The van der Waals surface area contributed by atoms with Crippen LogP contribution in [0.4, 0.5) is 20.3 Å². The van der Waals surface area contributed by atoms with Gasteiger partial charge in [-0.25, -0.2) is 13.8 Å². The highest BCUT2D eigenvalue weighted by molar-refractivity contribution is 6.23. The summed E-state index contributed by atoms with van der Waals surface area (Å²) in [6, 6.07) is 8.91. The number of benzene rings is 2. The Morgan fingerprint density at radius 1 is 0.970 bits per heavy atom. The molecular weight excluding hydrogens is 428 g/mol. The second-order valence-electron chi connectivity index (χ2n) is 8.13. The van der Waals surface area contributed by atoms with Crippen LogP contribution in [0, 0.1) is 11.6 Å². The van der Waals surface area contributed by atoms with Gasteiger partial charge in [0.15, 0.2) is 5.65 Å². The lowest BCUT2D eigenvalue weighted by Gasteiger charge is -2.29. The van der Waals surface area contributed by atoms with Gasteiger partial charge in [-0.2, -0.15) is 5.10 Å². The zero-order chi connectivity index (χ0) is 22.7. The summed E-state index contributed by atoms with van der Waals surface area (Å²) in [7, 11) is 0. The van der Waals surface area contributed by atoms with Gasteiger partial charge in [-0.15, -0.1) is 0 Å². The lowest BCUT2D eigenvalue weighted by Crippen LogP contribution is -2.43. The fourth-order valence-corrected chi connectivity index (χ4v) is 4.63. The van der Waals surface area contributed by atoms with Crippen LogP contribution in [-0.2, 0) is 0 Å². The molecule has 5 N–H and O–H groups in total. The Kier molecular flexibility index (Phi) is 4.31. The van der Waals surface area contributed by atoms with Gasteiger partial charge in [0.2, 0.25) is 0 Å². The van der Waals surface area contributed by atoms with E-state index in [0.717, 1.165) is 55.5 Å². The summed E-state index contributed by atoms with van der Waals surface area (Å²) in [6.45, 7) is 3.50. The molecule has 1 fully saturated rings. The molecule has 0 aliphatic carbocycles. The van der Waals surface area contributed by atoms with Gasteiger partial charge in [-0.3, -0.25) is 9.89 Å². The number of anilines is 2. The van der Waals surface area contributed by atoms with E-state index in [1.165, 1.54) is 0 Å². The largest absolute Gasteiger partial charge is 0.383 e. The number of pyridine rings is 2. The van der Waals surface area contributed by atoms with Gasteiger partial charge < -0.3 is 20.9 Å². The Morgan fingerprint density at radius 2 is 1.73 bits per heavy atom. The third-order valence-electron chi connectivity index (χ3n) is 6.10. The van der Waals surface area contributed by atoms with Crippen LogP contribution >= 0.6 is 0 Å². The van der Waals surface area contributed by atoms with Crippen molar-refractivity contribution >= 4 is 44.2 Å². The summed E-state index contributed by atoms with van der Waals surface area (Å²) < 4.78 is 28.0. The van der Waals surface area contributed by atoms with E-state index in [-0.39, 0.29) is 28.1 Å². The molecule has 3 aromatic heterocycles. The molecule has 4 heterocycles. The summed E-state index contributed by atoms with van der Waals surface area (Å²) in [5.74, 6) is -1.27. The first-order valence-electron chi connectivity index (χ1n) is 10.5. The molecule has 2 aromatic carbocycles. The number of aromatic nitrogens is 4. The third-order valence-corrected chi connectivity index (χ3v) is 6.10. The molecule has 5 aromatic rings. The molecule has 0 unspecified atom stereocenters. The lowest BCUT2D eigenvalue weighted by molar-refractivity contribution is 0.584. The summed E-state index contributed by atoms with van der Waals surface area (Å²) in [6.07, 6.45) is 0. The molecule has 1 saturated heterocycles. The highest BCUT2D eigenvalue weighted by Gasteiger charge is 2.21. The van der Waals surface area contributed by atoms with Crippen molar-refractivity contribution in [2.75, 3.05) is 36.8 Å². The number of nitrogens with zero attached hydrogens (tertiary/aromatic N) is 3. The van der Waals surface area contributed by atoms with E-state index in [0.29, 0.717) is 16.3 Å². The number of hydrogen-bond acceptors (Lipinski definition) is 6. The molecule has 10 heteroatoms. The van der Waals surface area contributed by atoms with Gasteiger partial charge in [0.05, 0.1) is 22.0 Å². The Labute approximate surface area is 185 Å². The van der Waals surface area contributed by atoms with Crippen LogP contribution in [-0.4, -0.2) is 46.3 Å². The van der Waals surface area contributed by atoms with Gasteiger partial charge in [-0.05, 0) is 24.3 Å². The second-order valence-corrected chi connectivity index (χ2v) is 8.13. The Hall–Kier alpha value is -4.05. The van der Waals surface area contributed by atoms with Crippen molar-refractivity contribution in [2.24, 2.45) is 0 Å². The first-order chi connectivity index (χ1) is 16.0. The van der Waals surface area contributed by atoms with Crippen molar-refractivity contribution in [2.45, 2.75) is 0 Å². The van der Waals surface area contributed by atoms with E-state index in [9.17, 15) is 13.6 Å². The average molecular weight is 447 g/mol. The molecule has 8 nitrogen and oxygen atoms in total. The van der Waals surface area contributed by atoms with Crippen molar-refractivity contribution in [1.29, 1.82) is 0 Å². The normalized spacial score (nSPS) is 14.5. The molecule has 166 valence electrons. The summed E-state index contributed by atoms with van der Waals surface area (Å²) >= 11 is 0. The smallest absolute Gasteiger partial charge is 0.258 e. The fourth-order valence-electron chi connectivity index (χ4n) is 4.63. The molecule has 0 atom stereocenters. The zero-order valence-electron chi connectivity index (χ0n) is 17.4. The van der Waals surface area contributed by atoms with Crippen molar-refractivity contribution in [3.8, 4) is 11.3 Å². The zero-order valence-corrected chi connectivity index (χ0v) is 17.4. The summed E-state index contributed by atoms with van der Waals surface area (Å²) in [5, 5.41) is 12.2. The standard InChI is InChI=1S/C23H19F2N7O/c24-12-7-11(8-13(25)9-12)20-18-17(19-21(26)30-31-22(19)29-20)15-2-1-14(10-16(15)28-23(18)33)32-5-3-27-4-6-32/h1-2,7-10,27H,3-6H2,(H,28,33)(H3,26,29,30,31). The van der Waals surface area contributed by atoms with E-state index in [2.05, 4.69) is 30.4 Å². The molecule has 0 amide bonds. The summed E-state index contributed by atoms with van der Waals surface area (Å²) in [4.78, 5) is 23.0. The van der Waals surface area contributed by atoms with Crippen LogP contribution in [0.25, 0.3) is 44.0 Å². The van der Waals surface area contributed by atoms with Crippen LogP contribution in [0.3, 0.4) is 0 Å². The average Bonchev–Trinajstić information content (AvgIpc) is 3.18. The monoisotopic (exact) mass is 447 g/mol. The number of nitrogens with two attached hydrogens (primary N) is 1. The number of rotatable bonds is 2. The number of fused-ring (bicyclic) bond motifs is 5. The van der Waals surface area contributed by atoms with Gasteiger partial charge >= 0.3 is 0 Å². The maximum atomic E-state index is 14.0. The van der Waals surface area contributed by atoms with E-state index in [4.69, 9.17) is 5.73 Å². The van der Waals surface area contributed by atoms with Crippen LogP contribution < -0.4 is 21.5 Å². The molecule has 0 saturated carbocycles. The van der Waals surface area contributed by atoms with Crippen molar-refractivity contribution in [1.82, 2.24) is 25.5 Å². The molecule has 1 aliphatic rings. The lowest BCUT2D eigenvalue weighted by atomic mass is 9.99. The molecule has 0 bridgehead atoms. The number of nitrogens with one attached hydrogen (secondary N) is 3. The predicted octanol–water partition coefficient (Wildman–Crippen LogP) is 2.89. The van der Waals surface area contributed by atoms with Crippen LogP contribution in [0.1, 0.15) is 0 Å². The maximum Gasteiger partial charge on any atom is 0.258 e. The van der Waals surface area contributed by atoms with Crippen LogP contribution in [0.5, 0.6) is 0 Å². The number of halogens is 2. The minimum atomic E-state index is -0.764. The quantitative estimate of drug-likeness (QED) is 0.309. The molecular formula is C23H19F2N7O. The second kappa shape index (κ2) is 7.24. The Bertz CT molecular complexity index is 1600. The summed E-state index contributed by atoms with van der Waals surface area (Å²) in [5.41, 5.74) is 7.90. The number of H-pyrrole nitrogens is 2. The number of aromatic amines is 2. The topological polar surface area (TPSA) is 116 Å². The molecule has 33 heavy (non-hydrogen) atoms.